The number of esters is 1. The molecular formula is C29H42FN3O5. The Bertz CT molecular complexity index is 953. The van der Waals surface area contributed by atoms with E-state index in [-0.39, 0.29) is 37.1 Å². The first-order valence-corrected chi connectivity index (χ1v) is 13.4. The topological polar surface area (TPSA) is 119 Å². The minimum Gasteiger partial charge on any atom is -0.461 e. The second-order valence-electron chi connectivity index (χ2n) is 10.4. The molecule has 9 heteroatoms. The highest BCUT2D eigenvalue weighted by molar-refractivity contribution is 5.94. The molecule has 0 spiro atoms. The van der Waals surface area contributed by atoms with E-state index in [1.807, 2.05) is 44.2 Å². The van der Waals surface area contributed by atoms with Crippen LogP contribution in [0.15, 0.2) is 42.7 Å². The number of alkyl halides is 1. The van der Waals surface area contributed by atoms with Gasteiger partial charge in [0.1, 0.15) is 13.3 Å². The fourth-order valence-corrected chi connectivity index (χ4v) is 4.90. The molecule has 0 radical (unpaired) electrons. The second-order valence-corrected chi connectivity index (χ2v) is 10.4. The van der Waals surface area contributed by atoms with Gasteiger partial charge in [0.05, 0.1) is 18.3 Å². The van der Waals surface area contributed by atoms with Crippen molar-refractivity contribution in [3.05, 3.63) is 48.3 Å². The lowest BCUT2D eigenvalue weighted by molar-refractivity contribution is -0.151. The molecule has 2 rings (SSSR count). The number of nitrogens with two attached hydrogens (primary N) is 1. The summed E-state index contributed by atoms with van der Waals surface area (Å²) in [5, 5.41) is 2.85. The maximum Gasteiger partial charge on any atom is 0.306 e. The molecule has 3 atom stereocenters. The summed E-state index contributed by atoms with van der Waals surface area (Å²) in [6.07, 6.45) is 2.30. The Morgan fingerprint density at radius 2 is 1.87 bits per heavy atom. The van der Waals surface area contributed by atoms with Gasteiger partial charge in [0.15, 0.2) is 11.6 Å². The summed E-state index contributed by atoms with van der Waals surface area (Å²) in [5.74, 6) is -2.46. The average molecular weight is 532 g/mol. The van der Waals surface area contributed by atoms with E-state index in [1.165, 1.54) is 0 Å². The van der Waals surface area contributed by atoms with Crippen LogP contribution in [0.4, 0.5) is 4.39 Å². The molecule has 1 aromatic carbocycles. The molecule has 210 valence electrons. The maximum absolute atomic E-state index is 13.6. The molecule has 1 aliphatic rings. The number of halogens is 1. The van der Waals surface area contributed by atoms with Gasteiger partial charge in [0, 0.05) is 31.3 Å². The summed E-state index contributed by atoms with van der Waals surface area (Å²) < 4.78 is 18.6. The van der Waals surface area contributed by atoms with E-state index in [1.54, 1.807) is 4.90 Å². The van der Waals surface area contributed by atoms with Crippen LogP contribution in [-0.4, -0.2) is 54.1 Å². The zero-order valence-electron chi connectivity index (χ0n) is 22.6. The van der Waals surface area contributed by atoms with E-state index in [2.05, 4.69) is 11.9 Å². The number of likely N-dealkylation sites (tertiary alicyclic amines) is 1. The fourth-order valence-electron chi connectivity index (χ4n) is 4.90. The predicted octanol–water partition coefficient (Wildman–Crippen LogP) is 3.69. The van der Waals surface area contributed by atoms with Crippen LogP contribution in [0.1, 0.15) is 64.4 Å². The Morgan fingerprint density at radius 1 is 1.16 bits per heavy atom. The SMILES string of the molecule is C=C(N)NCCC[C@H](CC(=O)[C@@H]1CCCN1C(=O)[C@@H](CC(=O)OCc1ccccc1)CC(C)C)C(=O)CF. The number of Topliss-reactive ketones (excluding diaryl/α,β-unsaturated/α-hetero) is 2. The summed E-state index contributed by atoms with van der Waals surface area (Å²) in [5.41, 5.74) is 6.34. The highest BCUT2D eigenvalue weighted by Crippen LogP contribution is 2.28. The van der Waals surface area contributed by atoms with Gasteiger partial charge in [-0.05, 0) is 43.6 Å². The number of nitrogens with zero attached hydrogens (tertiary/aromatic N) is 1. The average Bonchev–Trinajstić information content (AvgIpc) is 3.38. The van der Waals surface area contributed by atoms with Crippen LogP contribution in [0.3, 0.4) is 0 Å². The van der Waals surface area contributed by atoms with E-state index in [9.17, 15) is 23.6 Å². The Kier molecular flexibility index (Phi) is 13.0. The zero-order chi connectivity index (χ0) is 28.1. The number of nitrogens with one attached hydrogen (secondary N) is 1. The van der Waals surface area contributed by atoms with Gasteiger partial charge in [0.2, 0.25) is 5.91 Å². The first-order chi connectivity index (χ1) is 18.1. The van der Waals surface area contributed by atoms with Gasteiger partial charge in [-0.3, -0.25) is 19.2 Å². The Morgan fingerprint density at radius 3 is 2.50 bits per heavy atom. The number of carbonyl (C=O) groups excluding carboxylic acids is 4. The third-order valence-electron chi connectivity index (χ3n) is 6.78. The Balaban J connectivity index is 2.03. The van der Waals surface area contributed by atoms with E-state index in [4.69, 9.17) is 10.5 Å². The van der Waals surface area contributed by atoms with Crippen molar-refractivity contribution in [2.45, 2.75) is 71.4 Å². The Hall–Kier alpha value is -3.23. The molecule has 0 unspecified atom stereocenters. The molecule has 1 saturated heterocycles. The van der Waals surface area contributed by atoms with Crippen LogP contribution in [0.5, 0.6) is 0 Å². The summed E-state index contributed by atoms with van der Waals surface area (Å²) in [6.45, 7) is 7.36. The molecule has 0 aliphatic carbocycles. The number of hydrogen-bond donors (Lipinski definition) is 2. The van der Waals surface area contributed by atoms with Crippen molar-refractivity contribution in [1.29, 1.82) is 0 Å². The van der Waals surface area contributed by atoms with Gasteiger partial charge < -0.3 is 20.7 Å². The van der Waals surface area contributed by atoms with Crippen molar-refractivity contribution in [3.63, 3.8) is 0 Å². The van der Waals surface area contributed by atoms with Crippen molar-refractivity contribution < 1.29 is 28.3 Å². The molecule has 0 saturated carbocycles. The first-order valence-electron chi connectivity index (χ1n) is 13.4. The number of hydrogen-bond acceptors (Lipinski definition) is 7. The van der Waals surface area contributed by atoms with Crippen molar-refractivity contribution in [3.8, 4) is 0 Å². The first kappa shape index (κ1) is 31.0. The molecule has 0 aromatic heterocycles. The van der Waals surface area contributed by atoms with E-state index >= 15 is 0 Å². The van der Waals surface area contributed by atoms with Crippen molar-refractivity contribution >= 4 is 23.4 Å². The molecule has 38 heavy (non-hydrogen) atoms. The molecule has 1 aliphatic heterocycles. The van der Waals surface area contributed by atoms with Crippen LogP contribution in [0.25, 0.3) is 0 Å². The zero-order valence-corrected chi connectivity index (χ0v) is 22.6. The van der Waals surface area contributed by atoms with Crippen LogP contribution in [0.2, 0.25) is 0 Å². The number of ether oxygens (including phenoxy) is 1. The van der Waals surface area contributed by atoms with Gasteiger partial charge >= 0.3 is 5.97 Å². The molecule has 0 bridgehead atoms. The number of ketones is 2. The number of rotatable bonds is 17. The standard InChI is InChI=1S/C29H42FN3O5/c1-20(2)15-24(17-28(36)38-19-22-9-5-4-6-10-22)29(37)33-14-8-12-25(33)26(34)16-23(27(35)18-30)11-7-13-32-21(3)31/h4-6,9-10,20,23-25,32H,3,7-8,11-19,31H2,1-2H3/t23-,24-,25+/m1/s1. The maximum atomic E-state index is 13.6. The lowest BCUT2D eigenvalue weighted by Gasteiger charge is -2.29. The number of benzene rings is 1. The second kappa shape index (κ2) is 15.9. The summed E-state index contributed by atoms with van der Waals surface area (Å²) in [6, 6.07) is 8.64. The normalized spacial score (nSPS) is 16.6. The minimum absolute atomic E-state index is 0.0658. The quantitative estimate of drug-likeness (QED) is 0.232. The van der Waals surface area contributed by atoms with Gasteiger partial charge in [-0.1, -0.05) is 50.8 Å². The third kappa shape index (κ3) is 10.3. The molecule has 1 amide bonds. The van der Waals surface area contributed by atoms with Crippen LogP contribution >= 0.6 is 0 Å². The van der Waals surface area contributed by atoms with Crippen molar-refractivity contribution in [2.75, 3.05) is 19.8 Å². The Labute approximate surface area is 225 Å². The van der Waals surface area contributed by atoms with Crippen LogP contribution in [-0.2, 0) is 30.5 Å². The van der Waals surface area contributed by atoms with Gasteiger partial charge in [-0.25, -0.2) is 4.39 Å². The lowest BCUT2D eigenvalue weighted by Crippen LogP contribution is -2.45. The smallest absolute Gasteiger partial charge is 0.306 e. The summed E-state index contributed by atoms with van der Waals surface area (Å²) in [7, 11) is 0. The monoisotopic (exact) mass is 531 g/mol. The number of carbonyl (C=O) groups is 4. The van der Waals surface area contributed by atoms with Crippen molar-refractivity contribution in [2.24, 2.45) is 23.5 Å². The van der Waals surface area contributed by atoms with Crippen LogP contribution in [0, 0.1) is 17.8 Å². The largest absolute Gasteiger partial charge is 0.461 e. The van der Waals surface area contributed by atoms with Crippen LogP contribution < -0.4 is 11.1 Å². The lowest BCUT2D eigenvalue weighted by atomic mass is 9.89. The summed E-state index contributed by atoms with van der Waals surface area (Å²) >= 11 is 0. The molecule has 3 N–H and O–H groups in total. The minimum atomic E-state index is -1.14. The van der Waals surface area contributed by atoms with Gasteiger partial charge in [-0.15, -0.1) is 0 Å². The predicted molar refractivity (Wildman–Crippen MR) is 143 cm³/mol. The molecule has 1 heterocycles. The highest BCUT2D eigenvalue weighted by Gasteiger charge is 2.39. The van der Waals surface area contributed by atoms with E-state index in [0.29, 0.717) is 51.0 Å². The molecule has 8 nitrogen and oxygen atoms in total. The van der Waals surface area contributed by atoms with Gasteiger partial charge in [0.25, 0.3) is 0 Å². The molecule has 1 fully saturated rings. The highest BCUT2D eigenvalue weighted by atomic mass is 19.1. The number of amides is 1. The summed E-state index contributed by atoms with van der Waals surface area (Å²) in [4.78, 5) is 53.2. The third-order valence-corrected chi connectivity index (χ3v) is 6.78. The fraction of sp³-hybridized carbons (Fsp3) is 0.586. The molecule has 1 aromatic rings. The van der Waals surface area contributed by atoms with Gasteiger partial charge in [-0.2, -0.15) is 0 Å². The van der Waals surface area contributed by atoms with E-state index < -0.39 is 36.3 Å². The van der Waals surface area contributed by atoms with Crippen molar-refractivity contribution in [1.82, 2.24) is 10.2 Å². The van der Waals surface area contributed by atoms with E-state index in [0.717, 1.165) is 5.56 Å². The molecular weight excluding hydrogens is 489 g/mol.